The molecule has 1 aromatic carbocycles. The number of aromatic amines is 1. The molecule has 5 nitrogen and oxygen atoms in total. The minimum Gasteiger partial charge on any atom is -0.478 e. The predicted molar refractivity (Wildman–Crippen MR) is 63.9 cm³/mol. The number of nitrogens with two attached hydrogens (primary N) is 1. The van der Waals surface area contributed by atoms with Gasteiger partial charge in [0.05, 0.1) is 5.56 Å². The number of hydrogen-bond acceptors (Lipinski definition) is 3. The van der Waals surface area contributed by atoms with E-state index in [2.05, 4.69) is 4.98 Å². The quantitative estimate of drug-likeness (QED) is 0.678. The zero-order valence-electron chi connectivity index (χ0n) is 8.81. The fraction of sp³-hybridized carbons (Fsp3) is 0. The van der Waals surface area contributed by atoms with Gasteiger partial charge in [-0.2, -0.15) is 0 Å². The van der Waals surface area contributed by atoms with Crippen molar-refractivity contribution in [1.29, 1.82) is 0 Å². The normalized spacial score (nSPS) is 10.1. The van der Waals surface area contributed by atoms with E-state index in [-0.39, 0.29) is 16.7 Å². The number of aromatic carboxylic acids is 1. The lowest BCUT2D eigenvalue weighted by atomic mass is 10.1. The fourth-order valence-electron chi connectivity index (χ4n) is 1.53. The van der Waals surface area contributed by atoms with Gasteiger partial charge in [-0.3, -0.25) is 4.79 Å². The van der Waals surface area contributed by atoms with Gasteiger partial charge < -0.3 is 15.8 Å². The highest BCUT2D eigenvalue weighted by atomic mass is 16.4. The Labute approximate surface area is 96.5 Å². The molecule has 0 aliphatic rings. The Morgan fingerprint density at radius 2 is 2.06 bits per heavy atom. The standard InChI is InChI=1S/C12H10N2O3/c13-9-3-1-2-7(4-9)10-5-8(12(16)17)6-14-11(10)15/h1-6H,13H2,(H,14,15)(H,16,17). The summed E-state index contributed by atoms with van der Waals surface area (Å²) >= 11 is 0. The topological polar surface area (TPSA) is 96.2 Å². The number of carboxylic acid groups (broad SMARTS) is 1. The zero-order valence-corrected chi connectivity index (χ0v) is 8.81. The molecular formula is C12H10N2O3. The van der Waals surface area contributed by atoms with Gasteiger partial charge >= 0.3 is 5.97 Å². The van der Waals surface area contributed by atoms with Crippen LogP contribution in [-0.4, -0.2) is 16.1 Å². The third-order valence-corrected chi connectivity index (χ3v) is 2.35. The number of carboxylic acids is 1. The van der Waals surface area contributed by atoms with Crippen molar-refractivity contribution in [2.24, 2.45) is 0 Å². The van der Waals surface area contributed by atoms with Crippen LogP contribution in [0.25, 0.3) is 11.1 Å². The number of hydrogen-bond donors (Lipinski definition) is 3. The molecule has 4 N–H and O–H groups in total. The van der Waals surface area contributed by atoms with Crippen LogP contribution < -0.4 is 11.3 Å². The van der Waals surface area contributed by atoms with Crippen LogP contribution in [0.3, 0.4) is 0 Å². The molecule has 0 amide bonds. The Morgan fingerprint density at radius 1 is 1.29 bits per heavy atom. The first-order valence-electron chi connectivity index (χ1n) is 4.90. The number of benzene rings is 1. The number of nitrogen functional groups attached to an aromatic ring is 1. The third-order valence-electron chi connectivity index (χ3n) is 2.35. The van der Waals surface area contributed by atoms with Crippen molar-refractivity contribution < 1.29 is 9.90 Å². The summed E-state index contributed by atoms with van der Waals surface area (Å²) in [5.74, 6) is -1.09. The van der Waals surface area contributed by atoms with Crippen LogP contribution in [0.4, 0.5) is 5.69 Å². The minimum atomic E-state index is -1.09. The Morgan fingerprint density at radius 3 is 2.71 bits per heavy atom. The Balaban J connectivity index is 2.62. The number of rotatable bonds is 2. The lowest BCUT2D eigenvalue weighted by molar-refractivity contribution is 0.0696. The molecule has 1 aromatic heterocycles. The smallest absolute Gasteiger partial charge is 0.337 e. The number of H-pyrrole nitrogens is 1. The first kappa shape index (κ1) is 10.9. The Bertz CT molecular complexity index is 632. The van der Waals surface area contributed by atoms with E-state index < -0.39 is 5.97 Å². The van der Waals surface area contributed by atoms with Gasteiger partial charge in [-0.25, -0.2) is 4.79 Å². The summed E-state index contributed by atoms with van der Waals surface area (Å²) in [4.78, 5) is 24.8. The van der Waals surface area contributed by atoms with Gasteiger partial charge in [0.25, 0.3) is 5.56 Å². The SMILES string of the molecule is Nc1cccc(-c2cc(C(=O)O)c[nH]c2=O)c1. The van der Waals surface area contributed by atoms with Gasteiger partial charge in [0, 0.05) is 17.4 Å². The number of pyridine rings is 1. The Kier molecular flexibility index (Phi) is 2.66. The van der Waals surface area contributed by atoms with Crippen molar-refractivity contribution in [3.8, 4) is 11.1 Å². The van der Waals surface area contributed by atoms with Crippen molar-refractivity contribution >= 4 is 11.7 Å². The highest BCUT2D eigenvalue weighted by molar-refractivity contribution is 5.88. The molecule has 0 bridgehead atoms. The molecule has 86 valence electrons. The average Bonchev–Trinajstić information content (AvgIpc) is 2.29. The van der Waals surface area contributed by atoms with Crippen molar-refractivity contribution in [3.05, 3.63) is 52.4 Å². The molecule has 1 heterocycles. The molecule has 0 radical (unpaired) electrons. The van der Waals surface area contributed by atoms with Gasteiger partial charge in [0.2, 0.25) is 0 Å². The van der Waals surface area contributed by atoms with Crippen molar-refractivity contribution in [2.45, 2.75) is 0 Å². The largest absolute Gasteiger partial charge is 0.478 e. The van der Waals surface area contributed by atoms with Crippen molar-refractivity contribution in [3.63, 3.8) is 0 Å². The van der Waals surface area contributed by atoms with E-state index in [4.69, 9.17) is 10.8 Å². The molecule has 0 saturated heterocycles. The molecule has 2 aromatic rings. The van der Waals surface area contributed by atoms with Crippen molar-refractivity contribution in [2.75, 3.05) is 5.73 Å². The number of carbonyl (C=O) groups is 1. The second-order valence-corrected chi connectivity index (χ2v) is 3.56. The van der Waals surface area contributed by atoms with E-state index in [1.54, 1.807) is 24.3 Å². The van der Waals surface area contributed by atoms with E-state index >= 15 is 0 Å². The molecular weight excluding hydrogens is 220 g/mol. The van der Waals surface area contributed by atoms with Crippen LogP contribution in [-0.2, 0) is 0 Å². The number of aromatic nitrogens is 1. The highest BCUT2D eigenvalue weighted by Crippen LogP contribution is 2.18. The van der Waals surface area contributed by atoms with Gasteiger partial charge in [-0.05, 0) is 23.8 Å². The van der Waals surface area contributed by atoms with Crippen molar-refractivity contribution in [1.82, 2.24) is 4.98 Å². The average molecular weight is 230 g/mol. The van der Waals surface area contributed by atoms with E-state index in [0.717, 1.165) is 0 Å². The molecule has 0 saturated carbocycles. The summed E-state index contributed by atoms with van der Waals surface area (Å²) in [6.07, 6.45) is 1.17. The van der Waals surface area contributed by atoms with Crippen LogP contribution in [0.2, 0.25) is 0 Å². The van der Waals surface area contributed by atoms with E-state index in [1.165, 1.54) is 12.3 Å². The maximum Gasteiger partial charge on any atom is 0.337 e. The van der Waals surface area contributed by atoms with Crippen LogP contribution >= 0.6 is 0 Å². The summed E-state index contributed by atoms with van der Waals surface area (Å²) in [6.45, 7) is 0. The molecule has 0 fully saturated rings. The number of anilines is 1. The summed E-state index contributed by atoms with van der Waals surface area (Å²) < 4.78 is 0. The van der Waals surface area contributed by atoms with Crippen LogP contribution in [0, 0.1) is 0 Å². The van der Waals surface area contributed by atoms with Crippen LogP contribution in [0.1, 0.15) is 10.4 Å². The summed E-state index contributed by atoms with van der Waals surface area (Å²) in [5, 5.41) is 8.85. The van der Waals surface area contributed by atoms with E-state index in [0.29, 0.717) is 11.3 Å². The molecule has 0 spiro atoms. The van der Waals surface area contributed by atoms with Crippen LogP contribution in [0.15, 0.2) is 41.3 Å². The maximum absolute atomic E-state index is 11.6. The van der Waals surface area contributed by atoms with Crippen LogP contribution in [0.5, 0.6) is 0 Å². The second kappa shape index (κ2) is 4.13. The first-order chi connectivity index (χ1) is 8.08. The summed E-state index contributed by atoms with van der Waals surface area (Å²) in [6, 6.07) is 8.05. The monoisotopic (exact) mass is 230 g/mol. The molecule has 0 atom stereocenters. The van der Waals surface area contributed by atoms with Gasteiger partial charge in [0.1, 0.15) is 0 Å². The number of nitrogens with one attached hydrogen (secondary N) is 1. The van der Waals surface area contributed by atoms with Gasteiger partial charge in [-0.15, -0.1) is 0 Å². The zero-order chi connectivity index (χ0) is 12.4. The minimum absolute atomic E-state index is 0.0297. The molecule has 0 aliphatic carbocycles. The molecule has 2 rings (SSSR count). The maximum atomic E-state index is 11.6. The van der Waals surface area contributed by atoms with E-state index in [9.17, 15) is 9.59 Å². The lowest BCUT2D eigenvalue weighted by Gasteiger charge is -2.03. The molecule has 17 heavy (non-hydrogen) atoms. The molecule has 0 unspecified atom stereocenters. The van der Waals surface area contributed by atoms with E-state index in [1.807, 2.05) is 0 Å². The van der Waals surface area contributed by atoms with Gasteiger partial charge in [0.15, 0.2) is 0 Å². The summed E-state index contributed by atoms with van der Waals surface area (Å²) in [7, 11) is 0. The summed E-state index contributed by atoms with van der Waals surface area (Å²) in [5.41, 5.74) is 6.70. The molecule has 5 heteroatoms. The second-order valence-electron chi connectivity index (χ2n) is 3.56. The Hall–Kier alpha value is -2.56. The highest BCUT2D eigenvalue weighted by Gasteiger charge is 2.08. The first-order valence-corrected chi connectivity index (χ1v) is 4.90. The van der Waals surface area contributed by atoms with Gasteiger partial charge in [-0.1, -0.05) is 12.1 Å². The fourth-order valence-corrected chi connectivity index (χ4v) is 1.53. The molecule has 0 aliphatic heterocycles. The third kappa shape index (κ3) is 2.17. The lowest BCUT2D eigenvalue weighted by Crippen LogP contribution is -2.11. The predicted octanol–water partition coefficient (Wildman–Crippen LogP) is 1.32.